The molecule has 3 aromatic heterocycles. The van der Waals surface area contributed by atoms with E-state index in [9.17, 15) is 4.79 Å². The summed E-state index contributed by atoms with van der Waals surface area (Å²) in [7, 11) is 1.62. The molecular weight excluding hydrogens is 590 g/mol. The number of aromatic nitrogens is 5. The summed E-state index contributed by atoms with van der Waals surface area (Å²) in [6.45, 7) is 4.08. The summed E-state index contributed by atoms with van der Waals surface area (Å²) in [5, 5.41) is 9.35. The van der Waals surface area contributed by atoms with Gasteiger partial charge in [-0.3, -0.25) is 4.79 Å². The molecule has 0 fully saturated rings. The molecule has 0 spiro atoms. The fourth-order valence-electron chi connectivity index (χ4n) is 4.20. The van der Waals surface area contributed by atoms with E-state index >= 15 is 0 Å². The van der Waals surface area contributed by atoms with E-state index in [4.69, 9.17) is 14.6 Å². The molecule has 8 nitrogen and oxygen atoms in total. The van der Waals surface area contributed by atoms with Gasteiger partial charge in [0.05, 0.1) is 21.8 Å². The summed E-state index contributed by atoms with van der Waals surface area (Å²) < 4.78 is 15.4. The fourth-order valence-corrected chi connectivity index (χ4v) is 5.64. The van der Waals surface area contributed by atoms with Crippen LogP contribution in [-0.2, 0) is 0 Å². The van der Waals surface area contributed by atoms with Gasteiger partial charge >= 0.3 is 0 Å². The highest BCUT2D eigenvalue weighted by Gasteiger charge is 2.16. The lowest BCUT2D eigenvalue weighted by Crippen LogP contribution is -2.23. The van der Waals surface area contributed by atoms with Crippen LogP contribution in [0, 0.1) is 0 Å². The smallest absolute Gasteiger partial charge is 0.291 e. The molecule has 0 saturated carbocycles. The molecule has 10 heteroatoms. The molecule has 6 rings (SSSR count). The molecule has 3 heterocycles. The van der Waals surface area contributed by atoms with Gasteiger partial charge in [-0.05, 0) is 76.6 Å². The SMILES string of the molecule is C=CCOc1ccc(-c2nc3sc(=Cc4cn(-c5ccccc5)nc4-c4ccc(OC)c(Br)c4)c(=O)n3n2)cc1. The number of halogens is 1. The predicted molar refractivity (Wildman–Crippen MR) is 160 cm³/mol. The van der Waals surface area contributed by atoms with Crippen LogP contribution in [0.15, 0.2) is 101 Å². The average molecular weight is 613 g/mol. The highest BCUT2D eigenvalue weighted by atomic mass is 79.9. The van der Waals surface area contributed by atoms with Crippen molar-refractivity contribution in [3.05, 3.63) is 117 Å². The van der Waals surface area contributed by atoms with E-state index in [1.807, 2.05) is 85.1 Å². The second kappa shape index (κ2) is 10.9. The third kappa shape index (κ3) is 4.94. The van der Waals surface area contributed by atoms with E-state index in [2.05, 4.69) is 32.6 Å². The molecule has 0 amide bonds. The maximum absolute atomic E-state index is 13.4. The van der Waals surface area contributed by atoms with Crippen molar-refractivity contribution in [3.8, 4) is 39.8 Å². The molecule has 3 aromatic carbocycles. The first-order valence-electron chi connectivity index (χ1n) is 12.3. The maximum Gasteiger partial charge on any atom is 0.291 e. The highest BCUT2D eigenvalue weighted by molar-refractivity contribution is 9.10. The zero-order valence-electron chi connectivity index (χ0n) is 21.3. The van der Waals surface area contributed by atoms with Crippen molar-refractivity contribution in [2.75, 3.05) is 13.7 Å². The fraction of sp³-hybridized carbons (Fsp3) is 0.0667. The Kier molecular flexibility index (Phi) is 7.02. The molecule has 6 aromatic rings. The van der Waals surface area contributed by atoms with Gasteiger partial charge in [0.1, 0.15) is 23.8 Å². The van der Waals surface area contributed by atoms with E-state index in [1.54, 1.807) is 17.9 Å². The Balaban J connectivity index is 1.41. The predicted octanol–water partition coefficient (Wildman–Crippen LogP) is 5.55. The lowest BCUT2D eigenvalue weighted by atomic mass is 10.1. The van der Waals surface area contributed by atoms with Gasteiger partial charge in [0.25, 0.3) is 5.56 Å². The van der Waals surface area contributed by atoms with Gasteiger partial charge in [-0.2, -0.15) is 14.6 Å². The summed E-state index contributed by atoms with van der Waals surface area (Å²) in [6.07, 6.45) is 5.45. The molecule has 198 valence electrons. The quantitative estimate of drug-likeness (QED) is 0.210. The molecular formula is C30H22BrN5O3S. The van der Waals surface area contributed by atoms with Crippen molar-refractivity contribution < 1.29 is 9.47 Å². The first-order valence-corrected chi connectivity index (χ1v) is 13.9. The molecule has 40 heavy (non-hydrogen) atoms. The van der Waals surface area contributed by atoms with Crippen molar-refractivity contribution in [2.24, 2.45) is 0 Å². The van der Waals surface area contributed by atoms with Crippen LogP contribution in [0.4, 0.5) is 0 Å². The van der Waals surface area contributed by atoms with Gasteiger partial charge in [-0.25, -0.2) is 4.68 Å². The first-order chi connectivity index (χ1) is 19.5. The van der Waals surface area contributed by atoms with Gasteiger partial charge in [0.2, 0.25) is 4.96 Å². The van der Waals surface area contributed by atoms with Crippen LogP contribution in [-0.4, -0.2) is 38.1 Å². The van der Waals surface area contributed by atoms with Crippen LogP contribution < -0.4 is 19.6 Å². The topological polar surface area (TPSA) is 83.5 Å². The number of nitrogens with zero attached hydrogens (tertiary/aromatic N) is 5. The Hall–Kier alpha value is -4.54. The van der Waals surface area contributed by atoms with E-state index in [-0.39, 0.29) is 5.56 Å². The zero-order chi connectivity index (χ0) is 27.6. The second-order valence-corrected chi connectivity index (χ2v) is 10.6. The molecule has 0 bridgehead atoms. The van der Waals surface area contributed by atoms with Crippen molar-refractivity contribution in [1.82, 2.24) is 24.4 Å². The van der Waals surface area contributed by atoms with Crippen LogP contribution in [0.25, 0.3) is 39.4 Å². The van der Waals surface area contributed by atoms with Crippen LogP contribution in [0.5, 0.6) is 11.5 Å². The van der Waals surface area contributed by atoms with Crippen LogP contribution in [0.1, 0.15) is 5.56 Å². The maximum atomic E-state index is 13.4. The van der Waals surface area contributed by atoms with E-state index < -0.39 is 0 Å². The standard InChI is InChI=1S/C30H22BrN5O3S/c1-3-15-39-23-12-9-19(10-13-23)28-32-30-36(34-28)29(37)26(40-30)17-21-18-35(22-7-5-4-6-8-22)33-27(21)20-11-14-25(38-2)24(31)16-20/h3-14,16-18H,1,15H2,2H3. The number of benzene rings is 3. The van der Waals surface area contributed by atoms with Gasteiger partial charge in [0, 0.05) is 22.9 Å². The van der Waals surface area contributed by atoms with Crippen LogP contribution in [0.2, 0.25) is 0 Å². The molecule has 0 atom stereocenters. The van der Waals surface area contributed by atoms with Crippen molar-refractivity contribution in [2.45, 2.75) is 0 Å². The minimum Gasteiger partial charge on any atom is -0.496 e. The molecule has 0 radical (unpaired) electrons. The summed E-state index contributed by atoms with van der Waals surface area (Å²) in [4.78, 5) is 18.5. The van der Waals surface area contributed by atoms with Crippen molar-refractivity contribution in [3.63, 3.8) is 0 Å². The van der Waals surface area contributed by atoms with Gasteiger partial charge in [0.15, 0.2) is 5.82 Å². The molecule has 0 unspecified atom stereocenters. The Morgan fingerprint density at radius 1 is 1.02 bits per heavy atom. The van der Waals surface area contributed by atoms with Gasteiger partial charge < -0.3 is 9.47 Å². The van der Waals surface area contributed by atoms with E-state index in [0.29, 0.717) is 21.9 Å². The number of hydrogen-bond donors (Lipinski definition) is 0. The largest absolute Gasteiger partial charge is 0.496 e. The number of hydrogen-bond acceptors (Lipinski definition) is 7. The number of para-hydroxylation sites is 1. The molecule has 0 saturated heterocycles. The van der Waals surface area contributed by atoms with E-state index in [0.717, 1.165) is 44.0 Å². The molecule has 0 N–H and O–H groups in total. The minimum atomic E-state index is -0.237. The monoisotopic (exact) mass is 611 g/mol. The van der Waals surface area contributed by atoms with Gasteiger partial charge in [-0.1, -0.05) is 42.2 Å². The Bertz CT molecular complexity index is 1950. The number of thiazole rings is 1. The average Bonchev–Trinajstić information content (AvgIpc) is 3.67. The molecule has 0 aliphatic rings. The molecule has 0 aliphatic heterocycles. The number of rotatable bonds is 8. The zero-order valence-corrected chi connectivity index (χ0v) is 23.7. The number of methoxy groups -OCH3 is 1. The highest BCUT2D eigenvalue weighted by Crippen LogP contribution is 2.32. The summed E-state index contributed by atoms with van der Waals surface area (Å²) in [6, 6.07) is 23.0. The lowest BCUT2D eigenvalue weighted by Gasteiger charge is -2.05. The first kappa shape index (κ1) is 25.7. The van der Waals surface area contributed by atoms with Crippen LogP contribution >= 0.6 is 27.3 Å². The number of fused-ring (bicyclic) bond motifs is 1. The summed E-state index contributed by atoms with van der Waals surface area (Å²) >= 11 is 4.86. The lowest BCUT2D eigenvalue weighted by molar-refractivity contribution is 0.363. The third-order valence-electron chi connectivity index (χ3n) is 6.14. The normalized spacial score (nSPS) is 11.7. The van der Waals surface area contributed by atoms with E-state index in [1.165, 1.54) is 15.9 Å². The summed E-state index contributed by atoms with van der Waals surface area (Å²) in [5.41, 5.74) is 3.86. The Labute approximate surface area is 241 Å². The summed E-state index contributed by atoms with van der Waals surface area (Å²) in [5.74, 6) is 1.92. The Morgan fingerprint density at radius 2 is 1.80 bits per heavy atom. The Morgan fingerprint density at radius 3 is 2.50 bits per heavy atom. The third-order valence-corrected chi connectivity index (χ3v) is 7.72. The van der Waals surface area contributed by atoms with Crippen LogP contribution in [0.3, 0.4) is 0 Å². The number of ether oxygens (including phenoxy) is 2. The van der Waals surface area contributed by atoms with Crippen molar-refractivity contribution >= 4 is 38.3 Å². The second-order valence-electron chi connectivity index (χ2n) is 8.73. The van der Waals surface area contributed by atoms with Crippen molar-refractivity contribution in [1.29, 1.82) is 0 Å². The van der Waals surface area contributed by atoms with Gasteiger partial charge in [-0.15, -0.1) is 5.10 Å². The molecule has 0 aliphatic carbocycles. The minimum absolute atomic E-state index is 0.237.